The number of hydrogen-bond acceptors (Lipinski definition) is 7. The number of benzene rings is 4. The summed E-state index contributed by atoms with van der Waals surface area (Å²) in [6.07, 6.45) is 1.44. The fourth-order valence-corrected chi connectivity index (χ4v) is 4.86. The Morgan fingerprint density at radius 1 is 1.05 bits per heavy atom. The maximum absolute atomic E-state index is 13.9. The Hall–Kier alpha value is -4.73. The van der Waals surface area contributed by atoms with Gasteiger partial charge in [0.2, 0.25) is 0 Å². The highest BCUT2D eigenvalue weighted by atomic mass is 35.5. The SMILES string of the molecule is COc1cc(/C=N\NC(=O)c2ccc(-c3csc(Nc4ccccc4)n3)cc2)cc(Cl)c1OCc1ccccc1F. The molecule has 0 atom stereocenters. The van der Waals surface area contributed by atoms with Crippen molar-refractivity contribution in [2.75, 3.05) is 12.4 Å². The number of ether oxygens (including phenoxy) is 2. The fourth-order valence-electron chi connectivity index (χ4n) is 3.85. The zero-order chi connectivity index (χ0) is 28.6. The number of halogens is 2. The third-order valence-electron chi connectivity index (χ3n) is 5.93. The molecular weight excluding hydrogens is 563 g/mol. The number of anilines is 2. The number of methoxy groups -OCH3 is 1. The lowest BCUT2D eigenvalue weighted by atomic mass is 10.1. The van der Waals surface area contributed by atoms with E-state index in [4.69, 9.17) is 21.1 Å². The molecule has 7 nitrogen and oxygen atoms in total. The summed E-state index contributed by atoms with van der Waals surface area (Å²) in [7, 11) is 1.47. The van der Waals surface area contributed by atoms with E-state index in [1.807, 2.05) is 47.8 Å². The molecule has 1 heterocycles. The minimum Gasteiger partial charge on any atom is -0.493 e. The molecule has 10 heteroatoms. The highest BCUT2D eigenvalue weighted by Gasteiger charge is 2.13. The number of nitrogens with zero attached hydrogens (tertiary/aromatic N) is 2. The summed E-state index contributed by atoms with van der Waals surface area (Å²) < 4.78 is 25.1. The van der Waals surface area contributed by atoms with Crippen molar-refractivity contribution in [3.8, 4) is 22.8 Å². The van der Waals surface area contributed by atoms with Gasteiger partial charge in [-0.05, 0) is 48.0 Å². The van der Waals surface area contributed by atoms with Crippen LogP contribution < -0.4 is 20.2 Å². The number of aromatic nitrogens is 1. The minimum absolute atomic E-state index is 0.0146. The third-order valence-corrected chi connectivity index (χ3v) is 6.97. The fraction of sp³-hybridized carbons (Fsp3) is 0.0645. The van der Waals surface area contributed by atoms with Crippen LogP contribution in [0.15, 0.2) is 101 Å². The number of amides is 1. The van der Waals surface area contributed by atoms with Crippen LogP contribution in [0, 0.1) is 5.82 Å². The Labute approximate surface area is 245 Å². The first kappa shape index (κ1) is 27.8. The van der Waals surface area contributed by atoms with E-state index >= 15 is 0 Å². The first-order chi connectivity index (χ1) is 20.0. The summed E-state index contributed by atoms with van der Waals surface area (Å²) in [5.74, 6) is -0.117. The lowest BCUT2D eigenvalue weighted by molar-refractivity contribution is 0.0955. The normalized spacial score (nSPS) is 10.9. The van der Waals surface area contributed by atoms with Crippen molar-refractivity contribution in [3.63, 3.8) is 0 Å². The lowest BCUT2D eigenvalue weighted by Gasteiger charge is -2.13. The largest absolute Gasteiger partial charge is 0.493 e. The molecule has 0 radical (unpaired) electrons. The average molecular weight is 587 g/mol. The van der Waals surface area contributed by atoms with E-state index in [0.717, 1.165) is 22.1 Å². The first-order valence-electron chi connectivity index (χ1n) is 12.5. The molecule has 0 spiro atoms. The van der Waals surface area contributed by atoms with Crippen molar-refractivity contribution in [1.82, 2.24) is 10.4 Å². The van der Waals surface area contributed by atoms with Crippen LogP contribution in [0.25, 0.3) is 11.3 Å². The van der Waals surface area contributed by atoms with Crippen molar-refractivity contribution in [1.29, 1.82) is 0 Å². The predicted octanol–water partition coefficient (Wildman–Crippen LogP) is 7.70. The second-order valence-electron chi connectivity index (χ2n) is 8.72. The minimum atomic E-state index is -0.375. The van der Waals surface area contributed by atoms with Crippen LogP contribution in [0.1, 0.15) is 21.5 Å². The summed E-state index contributed by atoms with van der Waals surface area (Å²) in [5.41, 5.74) is 6.58. The maximum atomic E-state index is 13.9. The van der Waals surface area contributed by atoms with Crippen LogP contribution in [0.4, 0.5) is 15.2 Å². The van der Waals surface area contributed by atoms with Gasteiger partial charge in [-0.1, -0.05) is 60.1 Å². The standard InChI is InChI=1S/C31H24ClFN4O3S/c1-39-28-16-20(15-25(32)29(28)40-18-23-7-5-6-10-26(23)33)17-34-37-30(38)22-13-11-21(12-14-22)27-19-41-31(36-27)35-24-8-3-2-4-9-24/h2-17,19H,18H2,1H3,(H,35,36)(H,37,38)/b34-17-. The zero-order valence-electron chi connectivity index (χ0n) is 21.8. The smallest absolute Gasteiger partial charge is 0.271 e. The van der Waals surface area contributed by atoms with E-state index in [2.05, 4.69) is 20.8 Å². The van der Waals surface area contributed by atoms with Crippen molar-refractivity contribution < 1.29 is 18.7 Å². The zero-order valence-corrected chi connectivity index (χ0v) is 23.4. The van der Waals surface area contributed by atoms with Gasteiger partial charge in [-0.3, -0.25) is 4.79 Å². The molecule has 0 aliphatic heterocycles. The molecule has 0 aliphatic carbocycles. The van der Waals surface area contributed by atoms with Crippen LogP contribution in [0.5, 0.6) is 11.5 Å². The number of hydrogen-bond donors (Lipinski definition) is 2. The Bertz CT molecular complexity index is 1680. The number of nitrogens with one attached hydrogen (secondary N) is 2. The molecule has 1 aromatic heterocycles. The number of carbonyl (C=O) groups is 1. The highest BCUT2D eigenvalue weighted by molar-refractivity contribution is 7.14. The van der Waals surface area contributed by atoms with Gasteiger partial charge in [-0.15, -0.1) is 11.3 Å². The number of para-hydroxylation sites is 1. The Morgan fingerprint density at radius 2 is 1.80 bits per heavy atom. The summed E-state index contributed by atoms with van der Waals surface area (Å²) >= 11 is 7.91. The third kappa shape index (κ3) is 7.08. The second-order valence-corrected chi connectivity index (χ2v) is 9.98. The molecule has 0 saturated carbocycles. The van der Waals surface area contributed by atoms with Crippen LogP contribution in [-0.2, 0) is 6.61 Å². The van der Waals surface area contributed by atoms with Gasteiger partial charge in [-0.25, -0.2) is 14.8 Å². The van der Waals surface area contributed by atoms with Gasteiger partial charge in [0.25, 0.3) is 5.91 Å². The molecule has 1 amide bonds. The second kappa shape index (κ2) is 13.1. The van der Waals surface area contributed by atoms with Crippen LogP contribution in [0.3, 0.4) is 0 Å². The van der Waals surface area contributed by atoms with Gasteiger partial charge in [0.05, 0.1) is 24.0 Å². The van der Waals surface area contributed by atoms with Crippen LogP contribution >= 0.6 is 22.9 Å². The van der Waals surface area contributed by atoms with Gasteiger partial charge < -0.3 is 14.8 Å². The van der Waals surface area contributed by atoms with Crippen molar-refractivity contribution in [2.45, 2.75) is 6.61 Å². The molecule has 0 bridgehead atoms. The highest BCUT2D eigenvalue weighted by Crippen LogP contribution is 2.36. The van der Waals surface area contributed by atoms with Crippen molar-refractivity contribution in [2.24, 2.45) is 5.10 Å². The Kier molecular flexibility index (Phi) is 8.88. The summed E-state index contributed by atoms with van der Waals surface area (Å²) in [6, 6.07) is 26.5. The predicted molar refractivity (Wildman–Crippen MR) is 161 cm³/mol. The van der Waals surface area contributed by atoms with Gasteiger partial charge in [0, 0.05) is 27.8 Å². The van der Waals surface area contributed by atoms with Gasteiger partial charge in [-0.2, -0.15) is 5.10 Å². The van der Waals surface area contributed by atoms with E-state index < -0.39 is 0 Å². The van der Waals surface area contributed by atoms with Gasteiger partial charge >= 0.3 is 0 Å². The molecule has 4 aromatic carbocycles. The molecule has 206 valence electrons. The van der Waals surface area contributed by atoms with Crippen LogP contribution in [0.2, 0.25) is 5.02 Å². The molecule has 0 saturated heterocycles. The molecule has 0 aliphatic rings. The molecule has 0 fully saturated rings. The van der Waals surface area contributed by atoms with E-state index in [1.165, 1.54) is 30.7 Å². The topological polar surface area (TPSA) is 84.8 Å². The Balaban J connectivity index is 1.19. The Morgan fingerprint density at radius 3 is 2.56 bits per heavy atom. The van der Waals surface area contributed by atoms with Gasteiger partial charge in [0.1, 0.15) is 12.4 Å². The van der Waals surface area contributed by atoms with Crippen LogP contribution in [-0.4, -0.2) is 24.2 Å². The van der Waals surface area contributed by atoms with E-state index in [9.17, 15) is 9.18 Å². The summed E-state index contributed by atoms with van der Waals surface area (Å²) in [4.78, 5) is 17.3. The monoisotopic (exact) mass is 586 g/mol. The average Bonchev–Trinajstić information content (AvgIpc) is 3.46. The molecule has 5 aromatic rings. The van der Waals surface area contributed by atoms with Gasteiger partial charge in [0.15, 0.2) is 16.6 Å². The number of rotatable bonds is 10. The van der Waals surface area contributed by atoms with E-state index in [-0.39, 0.29) is 29.1 Å². The number of carbonyl (C=O) groups excluding carboxylic acids is 1. The quantitative estimate of drug-likeness (QED) is 0.129. The molecule has 0 unspecified atom stereocenters. The molecule has 5 rings (SSSR count). The van der Waals surface area contributed by atoms with E-state index in [0.29, 0.717) is 22.4 Å². The molecule has 41 heavy (non-hydrogen) atoms. The number of thiazole rings is 1. The lowest BCUT2D eigenvalue weighted by Crippen LogP contribution is -2.17. The van der Waals surface area contributed by atoms with E-state index in [1.54, 1.807) is 42.5 Å². The first-order valence-corrected chi connectivity index (χ1v) is 13.7. The number of hydrazone groups is 1. The van der Waals surface area contributed by atoms with Crippen molar-refractivity contribution in [3.05, 3.63) is 124 Å². The summed E-state index contributed by atoms with van der Waals surface area (Å²) in [5, 5.41) is 10.3. The maximum Gasteiger partial charge on any atom is 0.271 e. The summed E-state index contributed by atoms with van der Waals surface area (Å²) in [6.45, 7) is -0.0146. The van der Waals surface area contributed by atoms with Crippen molar-refractivity contribution >= 4 is 45.9 Å². The molecule has 2 N–H and O–H groups in total. The molecular formula is C31H24ClFN4O3S.